The van der Waals surface area contributed by atoms with Crippen LogP contribution in [0.15, 0.2) is 48.5 Å². The minimum atomic E-state index is -0.591. The van der Waals surface area contributed by atoms with Gasteiger partial charge in [-0.1, -0.05) is 36.4 Å². The molecule has 0 bridgehead atoms. The molecule has 0 atom stereocenters. The molecule has 0 aliphatic rings. The lowest BCUT2D eigenvalue weighted by Crippen LogP contribution is -2.16. The van der Waals surface area contributed by atoms with E-state index in [-0.39, 0.29) is 11.1 Å². The van der Waals surface area contributed by atoms with Crippen LogP contribution in [0.25, 0.3) is 11.1 Å². The summed E-state index contributed by atoms with van der Waals surface area (Å²) < 4.78 is 21.8. The highest BCUT2D eigenvalue weighted by atomic mass is 16.5. The van der Waals surface area contributed by atoms with Crippen LogP contribution in [0.1, 0.15) is 44.6 Å². The molecule has 0 radical (unpaired) electrons. The Labute approximate surface area is 199 Å². The normalized spacial score (nSPS) is 10.5. The van der Waals surface area contributed by atoms with Crippen LogP contribution in [0.2, 0.25) is 0 Å². The van der Waals surface area contributed by atoms with Crippen molar-refractivity contribution in [2.75, 3.05) is 27.4 Å². The largest absolute Gasteiger partial charge is 0.490 e. The summed E-state index contributed by atoms with van der Waals surface area (Å²) in [4.78, 5) is 29.8. The topological polar surface area (TPSA) is 84.0 Å². The molecule has 0 saturated heterocycles. The van der Waals surface area contributed by atoms with Crippen LogP contribution >= 0.6 is 0 Å². The Hall–Kier alpha value is -3.87. The summed E-state index contributed by atoms with van der Waals surface area (Å²) in [6.45, 7) is 6.17. The first-order valence-corrected chi connectivity index (χ1v) is 11.0. The second kappa shape index (κ2) is 11.3. The number of hydrogen-bond donors (Lipinski definition) is 0. The van der Waals surface area contributed by atoms with Crippen LogP contribution in [-0.4, -0.2) is 44.4 Å². The average molecular weight is 464 g/mol. The molecule has 0 N–H and O–H groups in total. The standard InChI is InChI=1S/C27H29NO6/c1-6-33-22-16-20(12-13-21(22)34-15-14-19-10-8-7-9-11-19)25-23(26(29)31-4)17(2)28-18(3)24(25)27(30)32-5/h7-13,16H,6,14-15H2,1-5H3. The second-order valence-corrected chi connectivity index (χ2v) is 7.57. The predicted molar refractivity (Wildman–Crippen MR) is 129 cm³/mol. The molecule has 178 valence electrons. The van der Waals surface area contributed by atoms with E-state index in [1.54, 1.807) is 32.0 Å². The number of nitrogens with zero attached hydrogens (tertiary/aromatic N) is 1. The maximum Gasteiger partial charge on any atom is 0.340 e. The minimum absolute atomic E-state index is 0.202. The monoisotopic (exact) mass is 463 g/mol. The third kappa shape index (κ3) is 5.36. The molecule has 1 heterocycles. The summed E-state index contributed by atoms with van der Waals surface area (Å²) in [7, 11) is 2.58. The number of aryl methyl sites for hydroxylation is 2. The molecule has 7 heteroatoms. The molecule has 0 unspecified atom stereocenters. The molecule has 0 spiro atoms. The third-order valence-corrected chi connectivity index (χ3v) is 5.36. The Morgan fingerprint density at radius 3 is 2.00 bits per heavy atom. The van der Waals surface area contributed by atoms with Gasteiger partial charge in [0.2, 0.25) is 0 Å². The van der Waals surface area contributed by atoms with Crippen molar-refractivity contribution in [1.29, 1.82) is 0 Å². The summed E-state index contributed by atoms with van der Waals surface area (Å²) in [5, 5.41) is 0. The number of carbonyl (C=O) groups excluding carboxylic acids is 2. The van der Waals surface area contributed by atoms with Crippen molar-refractivity contribution in [2.45, 2.75) is 27.2 Å². The third-order valence-electron chi connectivity index (χ3n) is 5.36. The van der Waals surface area contributed by atoms with Crippen LogP contribution in [0.3, 0.4) is 0 Å². The fraction of sp³-hybridized carbons (Fsp3) is 0.296. The van der Waals surface area contributed by atoms with Crippen molar-refractivity contribution >= 4 is 11.9 Å². The minimum Gasteiger partial charge on any atom is -0.490 e. The maximum absolute atomic E-state index is 12.7. The quantitative estimate of drug-likeness (QED) is 0.415. The fourth-order valence-corrected chi connectivity index (χ4v) is 3.82. The van der Waals surface area contributed by atoms with Gasteiger partial charge in [0.1, 0.15) is 0 Å². The van der Waals surface area contributed by atoms with E-state index in [0.29, 0.717) is 47.2 Å². The number of rotatable bonds is 9. The maximum atomic E-state index is 12.7. The molecule has 0 aliphatic heterocycles. The van der Waals surface area contributed by atoms with E-state index in [1.807, 2.05) is 37.3 Å². The van der Waals surface area contributed by atoms with E-state index >= 15 is 0 Å². The van der Waals surface area contributed by atoms with E-state index in [9.17, 15) is 9.59 Å². The van der Waals surface area contributed by atoms with E-state index < -0.39 is 11.9 Å². The number of esters is 2. The summed E-state index contributed by atoms with van der Waals surface area (Å²) in [6, 6.07) is 15.4. The van der Waals surface area contributed by atoms with Gasteiger partial charge in [0.25, 0.3) is 0 Å². The van der Waals surface area contributed by atoms with Crippen LogP contribution in [0, 0.1) is 13.8 Å². The molecule has 3 rings (SSSR count). The Balaban J connectivity index is 2.07. The smallest absolute Gasteiger partial charge is 0.340 e. The van der Waals surface area contributed by atoms with Gasteiger partial charge in [-0.2, -0.15) is 0 Å². The predicted octanol–water partition coefficient (Wildman–Crippen LogP) is 4.96. The average Bonchev–Trinajstić information content (AvgIpc) is 2.84. The van der Waals surface area contributed by atoms with Crippen LogP contribution in [-0.2, 0) is 15.9 Å². The lowest BCUT2D eigenvalue weighted by molar-refractivity contribution is 0.0599. The highest BCUT2D eigenvalue weighted by Gasteiger charge is 2.28. The van der Waals surface area contributed by atoms with E-state index in [1.165, 1.54) is 19.8 Å². The number of methoxy groups -OCH3 is 2. The first kappa shape index (κ1) is 24.8. The summed E-state index contributed by atoms with van der Waals surface area (Å²) in [5.74, 6) is -0.104. The lowest BCUT2D eigenvalue weighted by atomic mass is 9.92. The molecule has 7 nitrogen and oxygen atoms in total. The SMILES string of the molecule is CCOc1cc(-c2c(C(=O)OC)c(C)nc(C)c2C(=O)OC)ccc1OCCc1ccccc1. The van der Waals surface area contributed by atoms with Gasteiger partial charge in [0.05, 0.1) is 49.9 Å². The summed E-state index contributed by atoms with van der Waals surface area (Å²) in [6.07, 6.45) is 0.746. The molecular formula is C27H29NO6. The molecule has 0 amide bonds. The highest BCUT2D eigenvalue weighted by Crippen LogP contribution is 2.38. The van der Waals surface area contributed by atoms with Gasteiger partial charge in [0, 0.05) is 12.0 Å². The Morgan fingerprint density at radius 1 is 0.824 bits per heavy atom. The first-order chi connectivity index (χ1) is 16.4. The Bertz CT molecular complexity index is 1130. The van der Waals surface area contributed by atoms with Crippen LogP contribution in [0.5, 0.6) is 11.5 Å². The van der Waals surface area contributed by atoms with Gasteiger partial charge >= 0.3 is 11.9 Å². The summed E-state index contributed by atoms with van der Waals surface area (Å²) >= 11 is 0. The molecule has 3 aromatic rings. The van der Waals surface area contributed by atoms with E-state index in [0.717, 1.165) is 6.42 Å². The number of pyridine rings is 1. The van der Waals surface area contributed by atoms with E-state index in [4.69, 9.17) is 18.9 Å². The Morgan fingerprint density at radius 2 is 1.44 bits per heavy atom. The fourth-order valence-electron chi connectivity index (χ4n) is 3.82. The van der Waals surface area contributed by atoms with Crippen molar-refractivity contribution in [3.05, 3.63) is 76.6 Å². The molecule has 34 heavy (non-hydrogen) atoms. The zero-order valence-corrected chi connectivity index (χ0v) is 20.1. The van der Waals surface area contributed by atoms with Gasteiger partial charge in [-0.05, 0) is 44.0 Å². The van der Waals surface area contributed by atoms with Crippen molar-refractivity contribution < 1.29 is 28.5 Å². The van der Waals surface area contributed by atoms with Crippen LogP contribution in [0.4, 0.5) is 0 Å². The van der Waals surface area contributed by atoms with Crippen molar-refractivity contribution in [1.82, 2.24) is 4.98 Å². The van der Waals surface area contributed by atoms with Crippen molar-refractivity contribution in [2.24, 2.45) is 0 Å². The van der Waals surface area contributed by atoms with Crippen molar-refractivity contribution in [3.63, 3.8) is 0 Å². The zero-order chi connectivity index (χ0) is 24.7. The molecule has 0 fully saturated rings. The molecule has 2 aromatic carbocycles. The van der Waals surface area contributed by atoms with Gasteiger partial charge < -0.3 is 18.9 Å². The number of hydrogen-bond acceptors (Lipinski definition) is 7. The van der Waals surface area contributed by atoms with Gasteiger partial charge in [-0.15, -0.1) is 0 Å². The molecule has 0 saturated carbocycles. The van der Waals surface area contributed by atoms with Gasteiger partial charge in [-0.3, -0.25) is 4.98 Å². The molecule has 1 aromatic heterocycles. The van der Waals surface area contributed by atoms with Gasteiger partial charge in [-0.25, -0.2) is 9.59 Å². The number of aromatic nitrogens is 1. The first-order valence-electron chi connectivity index (χ1n) is 11.0. The summed E-state index contributed by atoms with van der Waals surface area (Å²) in [5.41, 5.74) is 3.46. The van der Waals surface area contributed by atoms with E-state index in [2.05, 4.69) is 4.98 Å². The number of carbonyl (C=O) groups is 2. The van der Waals surface area contributed by atoms with Crippen molar-refractivity contribution in [3.8, 4) is 22.6 Å². The molecule has 0 aliphatic carbocycles. The number of ether oxygens (including phenoxy) is 4. The van der Waals surface area contributed by atoms with Crippen LogP contribution < -0.4 is 9.47 Å². The number of benzene rings is 2. The lowest BCUT2D eigenvalue weighted by Gasteiger charge is -2.19. The molecular weight excluding hydrogens is 434 g/mol. The zero-order valence-electron chi connectivity index (χ0n) is 20.1. The second-order valence-electron chi connectivity index (χ2n) is 7.57. The highest BCUT2D eigenvalue weighted by molar-refractivity contribution is 6.07. The van der Waals surface area contributed by atoms with Gasteiger partial charge in [0.15, 0.2) is 11.5 Å². The Kier molecular flexibility index (Phi) is 8.24.